The van der Waals surface area contributed by atoms with Gasteiger partial charge < -0.3 is 14.5 Å². The lowest BCUT2D eigenvalue weighted by atomic mass is 10.0. The molecule has 0 saturated heterocycles. The van der Waals surface area contributed by atoms with Gasteiger partial charge in [-0.2, -0.15) is 0 Å². The summed E-state index contributed by atoms with van der Waals surface area (Å²) in [6.45, 7) is 2.01. The molecule has 1 N–H and O–H groups in total. The Morgan fingerprint density at radius 2 is 1.93 bits per heavy atom. The number of aromatic amines is 1. The van der Waals surface area contributed by atoms with Crippen molar-refractivity contribution in [3.8, 4) is 22.9 Å². The first-order valence-electron chi connectivity index (χ1n) is 9.39. The summed E-state index contributed by atoms with van der Waals surface area (Å²) >= 11 is 5.95. The van der Waals surface area contributed by atoms with E-state index in [1.54, 1.807) is 26.4 Å². The van der Waals surface area contributed by atoms with E-state index in [0.717, 1.165) is 34.7 Å². The molecule has 0 atom stereocenters. The van der Waals surface area contributed by atoms with E-state index >= 15 is 0 Å². The summed E-state index contributed by atoms with van der Waals surface area (Å²) < 4.78 is 10.9. The van der Waals surface area contributed by atoms with Crippen LogP contribution in [-0.2, 0) is 19.5 Å². The van der Waals surface area contributed by atoms with Gasteiger partial charge in [-0.3, -0.25) is 9.69 Å². The highest BCUT2D eigenvalue weighted by molar-refractivity contribution is 6.30. The quantitative estimate of drug-likeness (QED) is 0.693. The first-order valence-corrected chi connectivity index (χ1v) is 9.77. The number of fused-ring (bicyclic) bond motifs is 1. The zero-order valence-electron chi connectivity index (χ0n) is 16.4. The van der Waals surface area contributed by atoms with Gasteiger partial charge in [0, 0.05) is 42.2 Å². The highest BCUT2D eigenvalue weighted by Crippen LogP contribution is 2.32. The number of nitrogens with zero attached hydrogens (tertiary/aromatic N) is 2. The minimum atomic E-state index is -0.0951. The minimum Gasteiger partial charge on any atom is -0.493 e. The van der Waals surface area contributed by atoms with Crippen LogP contribution in [0.15, 0.2) is 47.3 Å². The number of hydrogen-bond donors (Lipinski definition) is 1. The zero-order valence-corrected chi connectivity index (χ0v) is 17.1. The molecular weight excluding hydrogens is 390 g/mol. The molecule has 1 aromatic heterocycles. The highest BCUT2D eigenvalue weighted by atomic mass is 35.5. The van der Waals surface area contributed by atoms with E-state index in [-0.39, 0.29) is 5.56 Å². The van der Waals surface area contributed by atoms with E-state index < -0.39 is 0 Å². The average Bonchev–Trinajstić information content (AvgIpc) is 2.74. The Hall–Kier alpha value is -2.83. The van der Waals surface area contributed by atoms with E-state index in [2.05, 4.69) is 9.88 Å². The summed E-state index contributed by atoms with van der Waals surface area (Å²) in [4.78, 5) is 22.6. The summed E-state index contributed by atoms with van der Waals surface area (Å²) in [7, 11) is 3.27. The number of nitrogens with one attached hydrogen (secondary N) is 1. The summed E-state index contributed by atoms with van der Waals surface area (Å²) in [5, 5.41) is 0.651. The van der Waals surface area contributed by atoms with Crippen LogP contribution < -0.4 is 15.0 Å². The second-order valence-corrected chi connectivity index (χ2v) is 7.40. The van der Waals surface area contributed by atoms with Gasteiger partial charge in [-0.15, -0.1) is 0 Å². The minimum absolute atomic E-state index is 0.0951. The van der Waals surface area contributed by atoms with E-state index in [0.29, 0.717) is 36.1 Å². The van der Waals surface area contributed by atoms with Gasteiger partial charge in [0.15, 0.2) is 11.5 Å². The molecule has 1 aliphatic rings. The fourth-order valence-electron chi connectivity index (χ4n) is 3.68. The van der Waals surface area contributed by atoms with E-state index in [4.69, 9.17) is 26.1 Å². The summed E-state index contributed by atoms with van der Waals surface area (Å²) in [5.41, 5.74) is 3.35. The second kappa shape index (κ2) is 8.27. The third kappa shape index (κ3) is 3.99. The molecule has 2 aromatic carbocycles. The van der Waals surface area contributed by atoms with Gasteiger partial charge >= 0.3 is 0 Å². The number of H-pyrrole nitrogens is 1. The number of benzene rings is 2. The standard InChI is InChI=1S/C22H22ClN3O3/c1-28-19-5-3-4-15(20(19)29-2)12-26-11-10-18-17(13-26)22(27)25-21(24-18)14-6-8-16(23)9-7-14/h3-9H,10-13H2,1-2H3,(H,24,25,27). The van der Waals surface area contributed by atoms with Crippen molar-refractivity contribution in [2.75, 3.05) is 20.8 Å². The third-order valence-corrected chi connectivity index (χ3v) is 5.40. The summed E-state index contributed by atoms with van der Waals surface area (Å²) in [5.74, 6) is 2.01. The van der Waals surface area contributed by atoms with Crippen molar-refractivity contribution in [2.45, 2.75) is 19.5 Å². The molecule has 0 unspecified atom stereocenters. The van der Waals surface area contributed by atoms with Gasteiger partial charge in [-0.1, -0.05) is 23.7 Å². The highest BCUT2D eigenvalue weighted by Gasteiger charge is 2.23. The number of ether oxygens (including phenoxy) is 2. The Labute approximate surface area is 174 Å². The van der Waals surface area contributed by atoms with Crippen LogP contribution in [0.1, 0.15) is 16.8 Å². The molecule has 0 spiro atoms. The predicted molar refractivity (Wildman–Crippen MR) is 113 cm³/mol. The number of rotatable bonds is 5. The van der Waals surface area contributed by atoms with Gasteiger partial charge in [0.25, 0.3) is 5.56 Å². The third-order valence-electron chi connectivity index (χ3n) is 5.14. The van der Waals surface area contributed by atoms with E-state index in [9.17, 15) is 4.79 Å². The van der Waals surface area contributed by atoms with Gasteiger partial charge in [0.2, 0.25) is 0 Å². The van der Waals surface area contributed by atoms with Crippen LogP contribution in [0, 0.1) is 0 Å². The second-order valence-electron chi connectivity index (χ2n) is 6.96. The van der Waals surface area contributed by atoms with Crippen LogP contribution in [-0.4, -0.2) is 35.6 Å². The maximum Gasteiger partial charge on any atom is 0.255 e. The fraction of sp³-hybridized carbons (Fsp3) is 0.273. The number of halogens is 1. The van der Waals surface area contributed by atoms with Crippen LogP contribution in [0.2, 0.25) is 5.02 Å². The number of methoxy groups -OCH3 is 2. The average molecular weight is 412 g/mol. The molecule has 0 fully saturated rings. The monoisotopic (exact) mass is 411 g/mol. The van der Waals surface area contributed by atoms with Crippen molar-refractivity contribution in [3.63, 3.8) is 0 Å². The van der Waals surface area contributed by atoms with Crippen molar-refractivity contribution in [1.82, 2.24) is 14.9 Å². The van der Waals surface area contributed by atoms with Gasteiger partial charge in [0.05, 0.1) is 25.5 Å². The Kier molecular flexibility index (Phi) is 5.56. The van der Waals surface area contributed by atoms with Crippen molar-refractivity contribution in [2.24, 2.45) is 0 Å². The van der Waals surface area contributed by atoms with Crippen molar-refractivity contribution >= 4 is 11.6 Å². The molecule has 0 saturated carbocycles. The lowest BCUT2D eigenvalue weighted by molar-refractivity contribution is 0.237. The van der Waals surface area contributed by atoms with Gasteiger partial charge in [-0.25, -0.2) is 4.98 Å². The Balaban J connectivity index is 1.58. The molecule has 0 aliphatic carbocycles. The number of para-hydroxylation sites is 1. The SMILES string of the molecule is COc1cccc(CN2CCc3nc(-c4ccc(Cl)cc4)[nH]c(=O)c3C2)c1OC. The van der Waals surface area contributed by atoms with E-state index in [1.165, 1.54) is 0 Å². The predicted octanol–water partition coefficient (Wildman–Crippen LogP) is 3.67. The maximum absolute atomic E-state index is 12.8. The van der Waals surface area contributed by atoms with Crippen LogP contribution >= 0.6 is 11.6 Å². The molecule has 0 bridgehead atoms. The van der Waals surface area contributed by atoms with Crippen LogP contribution in [0.5, 0.6) is 11.5 Å². The molecule has 1 aliphatic heterocycles. The summed E-state index contributed by atoms with van der Waals surface area (Å²) in [6.07, 6.45) is 0.714. The molecule has 7 heteroatoms. The summed E-state index contributed by atoms with van der Waals surface area (Å²) in [6, 6.07) is 13.1. The van der Waals surface area contributed by atoms with Gasteiger partial charge in [0.1, 0.15) is 5.82 Å². The molecule has 0 amide bonds. The lowest BCUT2D eigenvalue weighted by Crippen LogP contribution is -2.35. The molecule has 150 valence electrons. The van der Waals surface area contributed by atoms with E-state index in [1.807, 2.05) is 30.3 Å². The number of aromatic nitrogens is 2. The Morgan fingerprint density at radius 3 is 2.66 bits per heavy atom. The lowest BCUT2D eigenvalue weighted by Gasteiger charge is -2.28. The Bertz CT molecular complexity index is 1080. The largest absolute Gasteiger partial charge is 0.493 e. The first-order chi connectivity index (χ1) is 14.1. The van der Waals surface area contributed by atoms with Crippen molar-refractivity contribution < 1.29 is 9.47 Å². The van der Waals surface area contributed by atoms with Crippen LogP contribution in [0.4, 0.5) is 0 Å². The Morgan fingerprint density at radius 1 is 1.14 bits per heavy atom. The van der Waals surface area contributed by atoms with Crippen LogP contribution in [0.25, 0.3) is 11.4 Å². The molecule has 0 radical (unpaired) electrons. The van der Waals surface area contributed by atoms with Crippen molar-refractivity contribution in [1.29, 1.82) is 0 Å². The smallest absolute Gasteiger partial charge is 0.255 e. The molecule has 6 nitrogen and oxygen atoms in total. The molecule has 4 rings (SSSR count). The maximum atomic E-state index is 12.8. The number of hydrogen-bond acceptors (Lipinski definition) is 5. The molecular formula is C22H22ClN3O3. The van der Waals surface area contributed by atoms with Crippen molar-refractivity contribution in [3.05, 3.63) is 74.7 Å². The fourth-order valence-corrected chi connectivity index (χ4v) is 3.81. The molecule has 29 heavy (non-hydrogen) atoms. The molecule has 2 heterocycles. The van der Waals surface area contributed by atoms with Gasteiger partial charge in [-0.05, 0) is 30.3 Å². The normalized spacial score (nSPS) is 13.8. The molecule has 3 aromatic rings. The first kappa shape index (κ1) is 19.5. The van der Waals surface area contributed by atoms with Crippen LogP contribution in [0.3, 0.4) is 0 Å². The topological polar surface area (TPSA) is 67.5 Å². The zero-order chi connectivity index (χ0) is 20.4.